The fourth-order valence-corrected chi connectivity index (χ4v) is 3.01. The van der Waals surface area contributed by atoms with Crippen molar-refractivity contribution in [2.45, 2.75) is 19.4 Å². The maximum absolute atomic E-state index is 5.79. The van der Waals surface area contributed by atoms with Crippen LogP contribution in [0.3, 0.4) is 0 Å². The van der Waals surface area contributed by atoms with Gasteiger partial charge in [0, 0.05) is 25.2 Å². The molecule has 138 valence electrons. The predicted molar refractivity (Wildman–Crippen MR) is 99.3 cm³/mol. The van der Waals surface area contributed by atoms with Gasteiger partial charge in [0.1, 0.15) is 5.76 Å². The number of halogens is 1. The SMILES string of the molecule is Cc1oc(-c2ccccc2)nc1Cc1nc(C2CNCCN2C)no1.Cl. The van der Waals surface area contributed by atoms with Crippen molar-refractivity contribution in [3.05, 3.63) is 53.5 Å². The van der Waals surface area contributed by atoms with Crippen molar-refractivity contribution >= 4 is 12.4 Å². The van der Waals surface area contributed by atoms with E-state index in [4.69, 9.17) is 8.94 Å². The zero-order valence-corrected chi connectivity index (χ0v) is 15.6. The molecular formula is C18H22ClN5O2. The summed E-state index contributed by atoms with van der Waals surface area (Å²) in [7, 11) is 2.08. The Morgan fingerprint density at radius 1 is 1.23 bits per heavy atom. The van der Waals surface area contributed by atoms with Crippen LogP contribution in [0.5, 0.6) is 0 Å². The summed E-state index contributed by atoms with van der Waals surface area (Å²) in [5, 5.41) is 7.52. The van der Waals surface area contributed by atoms with Crippen molar-refractivity contribution in [3.8, 4) is 11.5 Å². The number of nitrogens with one attached hydrogen (secondary N) is 1. The summed E-state index contributed by atoms with van der Waals surface area (Å²) < 4.78 is 11.2. The third-order valence-corrected chi connectivity index (χ3v) is 4.52. The number of likely N-dealkylation sites (N-methyl/N-ethyl adjacent to an activating group) is 1. The first kappa shape index (κ1) is 18.6. The Morgan fingerprint density at radius 3 is 2.81 bits per heavy atom. The van der Waals surface area contributed by atoms with E-state index in [1.807, 2.05) is 37.3 Å². The van der Waals surface area contributed by atoms with Crippen molar-refractivity contribution in [2.75, 3.05) is 26.7 Å². The summed E-state index contributed by atoms with van der Waals surface area (Å²) in [6.07, 6.45) is 0.471. The molecule has 1 fully saturated rings. The Kier molecular flexibility index (Phi) is 5.70. The molecule has 0 bridgehead atoms. The molecule has 0 radical (unpaired) electrons. The monoisotopic (exact) mass is 375 g/mol. The second-order valence-corrected chi connectivity index (χ2v) is 6.31. The quantitative estimate of drug-likeness (QED) is 0.750. The second-order valence-electron chi connectivity index (χ2n) is 6.31. The van der Waals surface area contributed by atoms with Gasteiger partial charge in [-0.05, 0) is 26.1 Å². The molecule has 2 aromatic heterocycles. The number of benzene rings is 1. The zero-order chi connectivity index (χ0) is 17.2. The molecule has 1 atom stereocenters. The van der Waals surface area contributed by atoms with Crippen LogP contribution < -0.4 is 5.32 Å². The van der Waals surface area contributed by atoms with Gasteiger partial charge in [0.05, 0.1) is 18.2 Å². The fourth-order valence-electron chi connectivity index (χ4n) is 3.01. The molecule has 8 heteroatoms. The number of hydrogen-bond acceptors (Lipinski definition) is 7. The molecule has 0 spiro atoms. The first-order chi connectivity index (χ1) is 12.2. The molecule has 3 heterocycles. The third kappa shape index (κ3) is 3.80. The van der Waals surface area contributed by atoms with Crippen LogP contribution in [0.2, 0.25) is 0 Å². The Balaban J connectivity index is 0.00000196. The minimum absolute atomic E-state index is 0. The van der Waals surface area contributed by atoms with Gasteiger partial charge in [-0.1, -0.05) is 23.4 Å². The fraction of sp³-hybridized carbons (Fsp3) is 0.389. The van der Waals surface area contributed by atoms with Gasteiger partial charge in [0.25, 0.3) is 0 Å². The smallest absolute Gasteiger partial charge is 0.232 e. The Hall–Kier alpha value is -2.22. The van der Waals surface area contributed by atoms with E-state index < -0.39 is 0 Å². The van der Waals surface area contributed by atoms with Gasteiger partial charge < -0.3 is 14.3 Å². The largest absolute Gasteiger partial charge is 0.441 e. The van der Waals surface area contributed by atoms with E-state index in [0.29, 0.717) is 24.0 Å². The van der Waals surface area contributed by atoms with Crippen LogP contribution in [0.4, 0.5) is 0 Å². The number of oxazole rings is 1. The zero-order valence-electron chi connectivity index (χ0n) is 14.8. The second kappa shape index (κ2) is 7.99. The van der Waals surface area contributed by atoms with E-state index in [1.165, 1.54) is 0 Å². The van der Waals surface area contributed by atoms with E-state index in [2.05, 4.69) is 32.4 Å². The van der Waals surface area contributed by atoms with Crippen molar-refractivity contribution in [2.24, 2.45) is 0 Å². The van der Waals surface area contributed by atoms with Gasteiger partial charge in [0.15, 0.2) is 5.82 Å². The minimum Gasteiger partial charge on any atom is -0.441 e. The van der Waals surface area contributed by atoms with Gasteiger partial charge in [-0.25, -0.2) is 4.98 Å². The molecule has 26 heavy (non-hydrogen) atoms. The average Bonchev–Trinajstić information content (AvgIpc) is 3.24. The number of piperazine rings is 1. The van der Waals surface area contributed by atoms with Crippen LogP contribution in [-0.2, 0) is 6.42 Å². The summed E-state index contributed by atoms with van der Waals surface area (Å²) in [5.74, 6) is 2.67. The van der Waals surface area contributed by atoms with E-state index in [0.717, 1.165) is 36.7 Å². The summed E-state index contributed by atoms with van der Waals surface area (Å²) >= 11 is 0. The molecule has 1 aromatic carbocycles. The first-order valence-electron chi connectivity index (χ1n) is 8.46. The summed E-state index contributed by atoms with van der Waals surface area (Å²) in [5.41, 5.74) is 1.78. The van der Waals surface area contributed by atoms with Crippen molar-refractivity contribution in [3.63, 3.8) is 0 Å². The van der Waals surface area contributed by atoms with Gasteiger partial charge in [-0.15, -0.1) is 12.4 Å². The summed E-state index contributed by atoms with van der Waals surface area (Å²) in [4.78, 5) is 11.4. The number of aryl methyl sites for hydroxylation is 1. The lowest BCUT2D eigenvalue weighted by atomic mass is 10.2. The Bertz CT molecular complexity index is 848. The molecule has 3 aromatic rings. The maximum Gasteiger partial charge on any atom is 0.232 e. The van der Waals surface area contributed by atoms with Crippen LogP contribution in [0, 0.1) is 6.92 Å². The van der Waals surface area contributed by atoms with Gasteiger partial charge in [0.2, 0.25) is 11.8 Å². The highest BCUT2D eigenvalue weighted by Gasteiger charge is 2.25. The molecule has 7 nitrogen and oxygen atoms in total. The average molecular weight is 376 g/mol. The molecule has 1 aliphatic rings. The molecule has 0 saturated carbocycles. The van der Waals surface area contributed by atoms with Gasteiger partial charge >= 0.3 is 0 Å². The normalized spacial score (nSPS) is 17.8. The van der Waals surface area contributed by atoms with Crippen molar-refractivity contribution in [1.82, 2.24) is 25.3 Å². The molecule has 0 aliphatic carbocycles. The molecule has 1 N–H and O–H groups in total. The Labute approximate surface area is 158 Å². The number of hydrogen-bond donors (Lipinski definition) is 1. The van der Waals surface area contributed by atoms with E-state index >= 15 is 0 Å². The van der Waals surface area contributed by atoms with Crippen LogP contribution in [-0.4, -0.2) is 46.7 Å². The highest BCUT2D eigenvalue weighted by Crippen LogP contribution is 2.23. The lowest BCUT2D eigenvalue weighted by molar-refractivity contribution is 0.190. The first-order valence-corrected chi connectivity index (χ1v) is 8.46. The molecule has 1 aliphatic heterocycles. The third-order valence-electron chi connectivity index (χ3n) is 4.52. The standard InChI is InChI=1S/C18H21N5O2.ClH/c1-12-14(20-18(24-12)13-6-4-3-5-7-13)10-16-21-17(22-25-16)15-11-19-8-9-23(15)2;/h3-7,15,19H,8-11H2,1-2H3;1H. The summed E-state index contributed by atoms with van der Waals surface area (Å²) in [6.45, 7) is 4.69. The maximum atomic E-state index is 5.79. The lowest BCUT2D eigenvalue weighted by Gasteiger charge is -2.30. The minimum atomic E-state index is 0. The van der Waals surface area contributed by atoms with Crippen LogP contribution in [0.15, 0.2) is 39.3 Å². The lowest BCUT2D eigenvalue weighted by Crippen LogP contribution is -2.44. The number of nitrogens with zero attached hydrogens (tertiary/aromatic N) is 4. The van der Waals surface area contributed by atoms with Crippen molar-refractivity contribution < 1.29 is 8.94 Å². The van der Waals surface area contributed by atoms with Crippen molar-refractivity contribution in [1.29, 1.82) is 0 Å². The molecular weight excluding hydrogens is 354 g/mol. The van der Waals surface area contributed by atoms with E-state index in [1.54, 1.807) is 0 Å². The molecule has 0 amide bonds. The van der Waals surface area contributed by atoms with Gasteiger partial charge in [-0.3, -0.25) is 4.90 Å². The number of rotatable bonds is 4. The topological polar surface area (TPSA) is 80.2 Å². The van der Waals surface area contributed by atoms with E-state index in [-0.39, 0.29) is 18.4 Å². The summed E-state index contributed by atoms with van der Waals surface area (Å²) in [6, 6.07) is 10.0. The van der Waals surface area contributed by atoms with E-state index in [9.17, 15) is 0 Å². The predicted octanol–water partition coefficient (Wildman–Crippen LogP) is 2.62. The molecule has 1 saturated heterocycles. The molecule has 1 unspecified atom stereocenters. The highest BCUT2D eigenvalue weighted by molar-refractivity contribution is 5.85. The van der Waals surface area contributed by atoms with Crippen LogP contribution in [0.1, 0.15) is 29.2 Å². The Morgan fingerprint density at radius 2 is 2.04 bits per heavy atom. The highest BCUT2D eigenvalue weighted by atomic mass is 35.5. The van der Waals surface area contributed by atoms with Gasteiger partial charge in [-0.2, -0.15) is 4.98 Å². The number of aromatic nitrogens is 3. The van der Waals surface area contributed by atoms with Crippen LogP contribution in [0.25, 0.3) is 11.5 Å². The van der Waals surface area contributed by atoms with Crippen LogP contribution >= 0.6 is 12.4 Å². The molecule has 4 rings (SSSR count).